The number of ether oxygens (including phenoxy) is 2. The summed E-state index contributed by atoms with van der Waals surface area (Å²) in [6, 6.07) is 6.10. The summed E-state index contributed by atoms with van der Waals surface area (Å²) in [5.74, 6) is 1.88. The van der Waals surface area contributed by atoms with E-state index in [0.717, 1.165) is 70.2 Å². The van der Waals surface area contributed by atoms with E-state index in [1.165, 1.54) is 15.4 Å². The minimum atomic E-state index is 0.112. The molecule has 1 aromatic rings. The zero-order chi connectivity index (χ0) is 21.3. The zero-order valence-corrected chi connectivity index (χ0v) is 18.3. The Morgan fingerprint density at radius 3 is 2.50 bits per heavy atom. The summed E-state index contributed by atoms with van der Waals surface area (Å²) in [6.45, 7) is 7.85. The van der Waals surface area contributed by atoms with Crippen LogP contribution < -0.4 is 24.6 Å². The third-order valence-corrected chi connectivity index (χ3v) is 6.08. The zero-order valence-electron chi connectivity index (χ0n) is 18.3. The predicted molar refractivity (Wildman–Crippen MR) is 113 cm³/mol. The van der Waals surface area contributed by atoms with Gasteiger partial charge in [-0.1, -0.05) is 0 Å². The van der Waals surface area contributed by atoms with Gasteiger partial charge in [-0.25, -0.2) is 0 Å². The summed E-state index contributed by atoms with van der Waals surface area (Å²) in [6.07, 6.45) is 2.47. The molecule has 2 heterocycles. The second kappa shape index (κ2) is 11.2. The standard InChI is InChI=1S/C22H34N4O4/c1-29-19-7-6-18(15-20(19)30-2)16-24-11-13-25(14-12-24)17-21(27)23-8-4-10-26-9-3-5-22(26)28/h6-7,15H,3-5,8-14,16-17H2,1-2H3,(H,23,27)/p+2. The van der Waals surface area contributed by atoms with Crippen LogP contribution in [0.3, 0.4) is 0 Å². The largest absolute Gasteiger partial charge is 0.493 e. The molecule has 0 aromatic heterocycles. The monoisotopic (exact) mass is 420 g/mol. The van der Waals surface area contributed by atoms with Crippen molar-refractivity contribution in [2.75, 3.05) is 66.6 Å². The van der Waals surface area contributed by atoms with Gasteiger partial charge in [0.05, 0.1) is 14.2 Å². The van der Waals surface area contributed by atoms with Crippen LogP contribution in [0.5, 0.6) is 11.5 Å². The third kappa shape index (κ3) is 6.34. The molecule has 8 heteroatoms. The molecule has 0 bridgehead atoms. The number of benzene rings is 1. The first-order valence-electron chi connectivity index (χ1n) is 11.0. The number of quaternary nitrogens is 2. The Bertz CT molecular complexity index is 719. The minimum Gasteiger partial charge on any atom is -0.493 e. The van der Waals surface area contributed by atoms with Gasteiger partial charge >= 0.3 is 0 Å². The fourth-order valence-electron chi connectivity index (χ4n) is 4.32. The highest BCUT2D eigenvalue weighted by molar-refractivity contribution is 5.78. The molecular weight excluding hydrogens is 384 g/mol. The fourth-order valence-corrected chi connectivity index (χ4v) is 4.32. The molecule has 0 radical (unpaired) electrons. The molecule has 0 aliphatic carbocycles. The topological polar surface area (TPSA) is 76.8 Å². The van der Waals surface area contributed by atoms with Gasteiger partial charge in [-0.15, -0.1) is 0 Å². The van der Waals surface area contributed by atoms with Crippen LogP contribution in [0.2, 0.25) is 0 Å². The molecular formula is C22H36N4O4+2. The minimum absolute atomic E-state index is 0.112. The van der Waals surface area contributed by atoms with Gasteiger partial charge in [0.1, 0.15) is 32.7 Å². The van der Waals surface area contributed by atoms with Gasteiger partial charge in [-0.3, -0.25) is 9.59 Å². The third-order valence-electron chi connectivity index (χ3n) is 6.08. The van der Waals surface area contributed by atoms with E-state index in [1.807, 2.05) is 17.0 Å². The summed E-state index contributed by atoms with van der Waals surface area (Å²) in [5.41, 5.74) is 1.24. The van der Waals surface area contributed by atoms with Gasteiger partial charge in [0.2, 0.25) is 5.91 Å². The smallest absolute Gasteiger partial charge is 0.275 e. The van der Waals surface area contributed by atoms with Crippen molar-refractivity contribution in [3.05, 3.63) is 23.8 Å². The van der Waals surface area contributed by atoms with Gasteiger partial charge in [-0.2, -0.15) is 0 Å². The first-order valence-corrected chi connectivity index (χ1v) is 11.0. The molecule has 2 amide bonds. The first-order chi connectivity index (χ1) is 14.6. The number of carbonyl (C=O) groups is 2. The van der Waals surface area contributed by atoms with Gasteiger partial charge in [0.25, 0.3) is 5.91 Å². The average molecular weight is 421 g/mol. The predicted octanol–water partition coefficient (Wildman–Crippen LogP) is -1.88. The van der Waals surface area contributed by atoms with Crippen molar-refractivity contribution in [2.45, 2.75) is 25.8 Å². The molecule has 2 saturated heterocycles. The van der Waals surface area contributed by atoms with Gasteiger partial charge < -0.3 is 29.5 Å². The first kappa shape index (κ1) is 22.4. The Labute approximate surface area is 179 Å². The van der Waals surface area contributed by atoms with E-state index in [9.17, 15) is 9.59 Å². The summed E-state index contributed by atoms with van der Waals surface area (Å²) in [4.78, 5) is 28.6. The molecule has 0 saturated carbocycles. The van der Waals surface area contributed by atoms with Crippen LogP contribution in [0, 0.1) is 0 Å². The maximum atomic E-state index is 12.2. The molecule has 2 aliphatic heterocycles. The quantitative estimate of drug-likeness (QED) is 0.387. The van der Waals surface area contributed by atoms with E-state index in [4.69, 9.17) is 9.47 Å². The number of hydrogen-bond acceptors (Lipinski definition) is 4. The number of nitrogens with zero attached hydrogens (tertiary/aromatic N) is 1. The second-order valence-corrected chi connectivity index (χ2v) is 8.23. The maximum absolute atomic E-state index is 12.2. The van der Waals surface area contributed by atoms with Crippen LogP contribution in [-0.4, -0.2) is 83.3 Å². The van der Waals surface area contributed by atoms with Crippen molar-refractivity contribution < 1.29 is 28.9 Å². The Morgan fingerprint density at radius 2 is 1.83 bits per heavy atom. The molecule has 2 fully saturated rings. The van der Waals surface area contributed by atoms with Crippen LogP contribution >= 0.6 is 0 Å². The lowest BCUT2D eigenvalue weighted by Crippen LogP contribution is -3.28. The molecule has 30 heavy (non-hydrogen) atoms. The number of nitrogens with one attached hydrogen (secondary N) is 3. The number of methoxy groups -OCH3 is 2. The molecule has 0 unspecified atom stereocenters. The lowest BCUT2D eigenvalue weighted by atomic mass is 10.1. The number of piperazine rings is 1. The number of carbonyl (C=O) groups excluding carboxylic acids is 2. The van der Waals surface area contributed by atoms with Crippen LogP contribution in [0.15, 0.2) is 18.2 Å². The number of amides is 2. The van der Waals surface area contributed by atoms with Crippen molar-refractivity contribution in [1.82, 2.24) is 10.2 Å². The SMILES string of the molecule is COc1ccc(C[NH+]2CC[NH+](CC(=O)NCCCN3CCCC3=O)CC2)cc1OC. The Hall–Kier alpha value is -2.32. The summed E-state index contributed by atoms with van der Waals surface area (Å²) in [7, 11) is 3.31. The number of hydrogen-bond donors (Lipinski definition) is 3. The van der Waals surface area contributed by atoms with E-state index in [2.05, 4.69) is 11.4 Å². The summed E-state index contributed by atoms with van der Waals surface area (Å²) >= 11 is 0. The second-order valence-electron chi connectivity index (χ2n) is 8.23. The van der Waals surface area contributed by atoms with Crippen LogP contribution in [-0.2, 0) is 16.1 Å². The van der Waals surface area contributed by atoms with E-state index < -0.39 is 0 Å². The van der Waals surface area contributed by atoms with Crippen LogP contribution in [0.1, 0.15) is 24.8 Å². The maximum Gasteiger partial charge on any atom is 0.275 e. The molecule has 8 nitrogen and oxygen atoms in total. The van der Waals surface area contributed by atoms with Crippen molar-refractivity contribution >= 4 is 11.8 Å². The number of likely N-dealkylation sites (tertiary alicyclic amines) is 1. The van der Waals surface area contributed by atoms with Crippen molar-refractivity contribution in [3.8, 4) is 11.5 Å². The van der Waals surface area contributed by atoms with E-state index in [-0.39, 0.29) is 11.8 Å². The normalized spacial score (nSPS) is 21.5. The molecule has 3 N–H and O–H groups in total. The Morgan fingerprint density at radius 1 is 1.10 bits per heavy atom. The van der Waals surface area contributed by atoms with Crippen molar-refractivity contribution in [1.29, 1.82) is 0 Å². The molecule has 1 aromatic carbocycles. The lowest BCUT2D eigenvalue weighted by Gasteiger charge is -2.29. The van der Waals surface area contributed by atoms with E-state index in [0.29, 0.717) is 19.5 Å². The Kier molecular flexibility index (Phi) is 8.33. The summed E-state index contributed by atoms with van der Waals surface area (Å²) in [5, 5.41) is 3.01. The van der Waals surface area contributed by atoms with Crippen molar-refractivity contribution in [3.63, 3.8) is 0 Å². The van der Waals surface area contributed by atoms with Crippen LogP contribution in [0.4, 0.5) is 0 Å². The summed E-state index contributed by atoms with van der Waals surface area (Å²) < 4.78 is 10.7. The number of rotatable bonds is 10. The van der Waals surface area contributed by atoms with Gasteiger partial charge in [-0.05, 0) is 31.0 Å². The molecule has 166 valence electrons. The molecule has 2 aliphatic rings. The fraction of sp³-hybridized carbons (Fsp3) is 0.636. The average Bonchev–Trinajstić information content (AvgIpc) is 3.17. The van der Waals surface area contributed by atoms with Gasteiger partial charge in [0, 0.05) is 31.6 Å². The van der Waals surface area contributed by atoms with E-state index in [1.54, 1.807) is 14.2 Å². The molecule has 3 rings (SSSR count). The molecule has 0 atom stereocenters. The highest BCUT2D eigenvalue weighted by Gasteiger charge is 2.25. The highest BCUT2D eigenvalue weighted by Crippen LogP contribution is 2.27. The van der Waals surface area contributed by atoms with Gasteiger partial charge in [0.15, 0.2) is 18.0 Å². The molecule has 0 spiro atoms. The van der Waals surface area contributed by atoms with E-state index >= 15 is 0 Å². The highest BCUT2D eigenvalue weighted by atomic mass is 16.5. The van der Waals surface area contributed by atoms with Crippen LogP contribution in [0.25, 0.3) is 0 Å². The van der Waals surface area contributed by atoms with Crippen molar-refractivity contribution in [2.24, 2.45) is 0 Å². The Balaban J connectivity index is 1.32. The lowest BCUT2D eigenvalue weighted by molar-refractivity contribution is -1.02.